The Morgan fingerprint density at radius 3 is 2.41 bits per heavy atom. The van der Waals surface area contributed by atoms with Gasteiger partial charge in [-0.1, -0.05) is 12.1 Å². The minimum atomic E-state index is -4.43. The van der Waals surface area contributed by atoms with E-state index in [-0.39, 0.29) is 11.7 Å². The van der Waals surface area contributed by atoms with Crippen LogP contribution in [0, 0.1) is 5.82 Å². The van der Waals surface area contributed by atoms with Gasteiger partial charge in [0.15, 0.2) is 0 Å². The number of aromatic amines is 1. The van der Waals surface area contributed by atoms with Crippen LogP contribution in [0.2, 0.25) is 0 Å². The van der Waals surface area contributed by atoms with Crippen LogP contribution in [-0.4, -0.2) is 28.0 Å². The van der Waals surface area contributed by atoms with Crippen molar-refractivity contribution in [2.75, 3.05) is 13.1 Å². The second-order valence-electron chi connectivity index (χ2n) is 7.03. The molecule has 4 rings (SSSR count). The second-order valence-corrected chi connectivity index (χ2v) is 7.03. The molecule has 1 aromatic carbocycles. The van der Waals surface area contributed by atoms with Gasteiger partial charge in [0, 0.05) is 18.2 Å². The monoisotopic (exact) mass is 377 g/mol. The molecule has 0 saturated carbocycles. The fourth-order valence-corrected chi connectivity index (χ4v) is 3.66. The number of H-pyrrole nitrogens is 1. The van der Waals surface area contributed by atoms with Crippen LogP contribution in [0.15, 0.2) is 42.5 Å². The van der Waals surface area contributed by atoms with E-state index in [2.05, 4.69) is 14.9 Å². The molecular formula is C20H19F4N3. The normalized spacial score (nSPS) is 16.9. The van der Waals surface area contributed by atoms with Gasteiger partial charge >= 0.3 is 6.18 Å². The van der Waals surface area contributed by atoms with Gasteiger partial charge < -0.3 is 4.98 Å². The predicted octanol–water partition coefficient (Wildman–Crippen LogP) is 5.10. The summed E-state index contributed by atoms with van der Waals surface area (Å²) >= 11 is 0. The summed E-state index contributed by atoms with van der Waals surface area (Å²) in [4.78, 5) is 9.28. The zero-order chi connectivity index (χ0) is 19.0. The highest BCUT2D eigenvalue weighted by Gasteiger charge is 2.32. The van der Waals surface area contributed by atoms with E-state index in [4.69, 9.17) is 0 Å². The number of rotatable bonds is 3. The molecule has 1 fully saturated rings. The highest BCUT2D eigenvalue weighted by molar-refractivity contribution is 5.76. The van der Waals surface area contributed by atoms with Gasteiger partial charge in [-0.25, -0.2) is 9.37 Å². The number of benzene rings is 1. The first-order chi connectivity index (χ1) is 12.9. The van der Waals surface area contributed by atoms with Crippen molar-refractivity contribution in [1.82, 2.24) is 14.9 Å². The Hall–Kier alpha value is -2.41. The summed E-state index contributed by atoms with van der Waals surface area (Å²) in [6.45, 7) is 2.55. The minimum absolute atomic E-state index is 0.237. The molecule has 0 aliphatic carbocycles. The third-order valence-electron chi connectivity index (χ3n) is 5.13. The zero-order valence-electron chi connectivity index (χ0n) is 14.6. The molecule has 3 nitrogen and oxygen atoms in total. The van der Waals surface area contributed by atoms with E-state index in [0.717, 1.165) is 49.8 Å². The Balaban J connectivity index is 1.42. The SMILES string of the molecule is Fc1ccc(CN2CCC(c3cc4nc(C(F)(F)F)ccc4[nH]3)CC2)cc1. The van der Waals surface area contributed by atoms with E-state index in [0.29, 0.717) is 11.0 Å². The average molecular weight is 377 g/mol. The van der Waals surface area contributed by atoms with Gasteiger partial charge in [-0.15, -0.1) is 0 Å². The van der Waals surface area contributed by atoms with E-state index in [1.54, 1.807) is 18.2 Å². The molecular weight excluding hydrogens is 358 g/mol. The molecule has 1 N–H and O–H groups in total. The quantitative estimate of drug-likeness (QED) is 0.644. The topological polar surface area (TPSA) is 31.9 Å². The van der Waals surface area contributed by atoms with Crippen LogP contribution in [-0.2, 0) is 12.7 Å². The standard InChI is InChI=1S/C20H19F4N3/c21-15-3-1-13(2-4-15)12-27-9-7-14(8-10-27)17-11-18-16(25-17)5-6-19(26-18)20(22,23)24/h1-6,11,14,25H,7-10,12H2. The zero-order valence-corrected chi connectivity index (χ0v) is 14.6. The fourth-order valence-electron chi connectivity index (χ4n) is 3.66. The van der Waals surface area contributed by atoms with E-state index < -0.39 is 11.9 Å². The molecule has 0 radical (unpaired) electrons. The lowest BCUT2D eigenvalue weighted by molar-refractivity contribution is -0.140. The Labute approximate surface area is 154 Å². The molecule has 2 aromatic heterocycles. The lowest BCUT2D eigenvalue weighted by Crippen LogP contribution is -2.32. The summed E-state index contributed by atoms with van der Waals surface area (Å²) in [7, 11) is 0. The van der Waals surface area contributed by atoms with Crippen molar-refractivity contribution in [2.45, 2.75) is 31.5 Å². The first-order valence-corrected chi connectivity index (χ1v) is 8.92. The number of piperidine rings is 1. The summed E-state index contributed by atoms with van der Waals surface area (Å²) in [5.41, 5.74) is 2.14. The van der Waals surface area contributed by atoms with Crippen molar-refractivity contribution in [3.63, 3.8) is 0 Å². The van der Waals surface area contributed by atoms with Crippen molar-refractivity contribution in [3.8, 4) is 0 Å². The van der Waals surface area contributed by atoms with Crippen molar-refractivity contribution in [3.05, 3.63) is 65.2 Å². The second kappa shape index (κ2) is 6.96. The van der Waals surface area contributed by atoms with Crippen LogP contribution >= 0.6 is 0 Å². The highest BCUT2D eigenvalue weighted by atomic mass is 19.4. The number of nitrogens with one attached hydrogen (secondary N) is 1. The molecule has 1 aliphatic heterocycles. The number of halogens is 4. The summed E-state index contributed by atoms with van der Waals surface area (Å²) in [5, 5.41) is 0. The Bertz CT molecular complexity index is 923. The van der Waals surface area contributed by atoms with Gasteiger partial charge in [-0.2, -0.15) is 13.2 Å². The van der Waals surface area contributed by atoms with Crippen molar-refractivity contribution in [2.24, 2.45) is 0 Å². The minimum Gasteiger partial charge on any atom is -0.357 e. The number of alkyl halides is 3. The van der Waals surface area contributed by atoms with Crippen LogP contribution in [0.25, 0.3) is 11.0 Å². The lowest BCUT2D eigenvalue weighted by Gasteiger charge is -2.31. The van der Waals surface area contributed by atoms with Crippen molar-refractivity contribution >= 4 is 11.0 Å². The fraction of sp³-hybridized carbons (Fsp3) is 0.350. The summed E-state index contributed by atoms with van der Waals surface area (Å²) in [6.07, 6.45) is -2.60. The molecule has 142 valence electrons. The maximum atomic E-state index is 13.0. The van der Waals surface area contributed by atoms with Crippen LogP contribution in [0.1, 0.15) is 35.7 Å². The van der Waals surface area contributed by atoms with Crippen molar-refractivity contribution in [1.29, 1.82) is 0 Å². The van der Waals surface area contributed by atoms with Crippen LogP contribution in [0.4, 0.5) is 17.6 Å². The van der Waals surface area contributed by atoms with Crippen molar-refractivity contribution < 1.29 is 17.6 Å². The Morgan fingerprint density at radius 2 is 1.74 bits per heavy atom. The van der Waals surface area contributed by atoms with Gasteiger partial charge in [-0.05, 0) is 61.8 Å². The number of aromatic nitrogens is 2. The van der Waals surface area contributed by atoms with Gasteiger partial charge in [0.2, 0.25) is 0 Å². The predicted molar refractivity (Wildman–Crippen MR) is 94.7 cm³/mol. The van der Waals surface area contributed by atoms with Crippen LogP contribution < -0.4 is 0 Å². The molecule has 1 saturated heterocycles. The molecule has 0 spiro atoms. The molecule has 27 heavy (non-hydrogen) atoms. The van der Waals surface area contributed by atoms with Gasteiger partial charge in [-0.3, -0.25) is 4.90 Å². The lowest BCUT2D eigenvalue weighted by atomic mass is 9.93. The molecule has 1 aliphatic rings. The Kier molecular flexibility index (Phi) is 4.63. The van der Waals surface area contributed by atoms with E-state index >= 15 is 0 Å². The van der Waals surface area contributed by atoms with E-state index in [1.807, 2.05) is 0 Å². The molecule has 0 atom stereocenters. The van der Waals surface area contributed by atoms with Gasteiger partial charge in [0.05, 0.1) is 11.0 Å². The third-order valence-corrected chi connectivity index (χ3v) is 5.13. The van der Waals surface area contributed by atoms with Gasteiger partial charge in [0.25, 0.3) is 0 Å². The number of hydrogen-bond donors (Lipinski definition) is 1. The summed E-state index contributed by atoms with van der Waals surface area (Å²) in [6, 6.07) is 10.7. The van der Waals surface area contributed by atoms with E-state index in [9.17, 15) is 17.6 Å². The summed E-state index contributed by atoms with van der Waals surface area (Å²) in [5.74, 6) is 0.0385. The summed E-state index contributed by atoms with van der Waals surface area (Å²) < 4.78 is 51.5. The average Bonchev–Trinajstić information content (AvgIpc) is 3.07. The first-order valence-electron chi connectivity index (χ1n) is 8.92. The molecule has 3 aromatic rings. The number of hydrogen-bond acceptors (Lipinski definition) is 2. The third kappa shape index (κ3) is 3.98. The number of pyridine rings is 1. The molecule has 0 bridgehead atoms. The highest BCUT2D eigenvalue weighted by Crippen LogP contribution is 2.32. The van der Waals surface area contributed by atoms with E-state index in [1.165, 1.54) is 18.2 Å². The number of nitrogens with zero attached hydrogens (tertiary/aromatic N) is 2. The number of fused-ring (bicyclic) bond motifs is 1. The van der Waals surface area contributed by atoms with Crippen LogP contribution in [0.5, 0.6) is 0 Å². The molecule has 7 heteroatoms. The molecule has 0 unspecified atom stereocenters. The smallest absolute Gasteiger partial charge is 0.357 e. The molecule has 3 heterocycles. The number of likely N-dealkylation sites (tertiary alicyclic amines) is 1. The molecule has 0 amide bonds. The van der Waals surface area contributed by atoms with Crippen LogP contribution in [0.3, 0.4) is 0 Å². The van der Waals surface area contributed by atoms with Gasteiger partial charge in [0.1, 0.15) is 11.5 Å². The largest absolute Gasteiger partial charge is 0.433 e. The first kappa shape index (κ1) is 18.0. The maximum Gasteiger partial charge on any atom is 0.433 e. The Morgan fingerprint density at radius 1 is 1.04 bits per heavy atom. The maximum absolute atomic E-state index is 13.0.